The number of nitrogens with two attached hydrogens (primary N) is 2. The Hall–Kier alpha value is -0.160. The average Bonchev–Trinajstić information content (AvgIpc) is 2.45. The number of ether oxygens (including phenoxy) is 1. The van der Waals surface area contributed by atoms with Crippen molar-refractivity contribution in [3.8, 4) is 0 Å². The van der Waals surface area contributed by atoms with E-state index in [-0.39, 0.29) is 0 Å². The van der Waals surface area contributed by atoms with Gasteiger partial charge < -0.3 is 16.2 Å². The van der Waals surface area contributed by atoms with E-state index in [0.29, 0.717) is 19.2 Å². The smallest absolute Gasteiger partial charge is 0.0594 e. The Balaban J connectivity index is 1.93. The quantitative estimate of drug-likeness (QED) is 0.523. The molecule has 1 saturated heterocycles. The molecular formula is C8H19N3O. The predicted octanol–water partition coefficient (Wildman–Crippen LogP) is -1.01. The molecule has 1 fully saturated rings. The van der Waals surface area contributed by atoms with Crippen LogP contribution in [0, 0.1) is 0 Å². The molecule has 0 aromatic heterocycles. The van der Waals surface area contributed by atoms with Gasteiger partial charge in [-0.05, 0) is 13.0 Å². The number of nitrogens with zero attached hydrogens (tertiary/aromatic N) is 1. The first-order chi connectivity index (χ1) is 5.83. The van der Waals surface area contributed by atoms with Crippen molar-refractivity contribution in [2.75, 3.05) is 39.4 Å². The van der Waals surface area contributed by atoms with Gasteiger partial charge in [-0.15, -0.1) is 0 Å². The maximum atomic E-state index is 5.75. The van der Waals surface area contributed by atoms with E-state index in [0.717, 1.165) is 32.7 Å². The minimum absolute atomic E-state index is 0.375. The van der Waals surface area contributed by atoms with Crippen molar-refractivity contribution >= 4 is 0 Å². The lowest BCUT2D eigenvalue weighted by molar-refractivity contribution is 0.117. The van der Waals surface area contributed by atoms with E-state index < -0.39 is 0 Å². The molecule has 0 bridgehead atoms. The zero-order valence-corrected chi connectivity index (χ0v) is 7.54. The fourth-order valence-electron chi connectivity index (χ4n) is 1.44. The second kappa shape index (κ2) is 5.48. The van der Waals surface area contributed by atoms with E-state index in [1.54, 1.807) is 0 Å². The van der Waals surface area contributed by atoms with Crippen molar-refractivity contribution in [1.82, 2.24) is 4.90 Å². The van der Waals surface area contributed by atoms with Crippen LogP contribution in [0.3, 0.4) is 0 Å². The van der Waals surface area contributed by atoms with E-state index in [1.165, 1.54) is 0 Å². The van der Waals surface area contributed by atoms with Crippen molar-refractivity contribution in [3.63, 3.8) is 0 Å². The molecule has 72 valence electrons. The molecule has 0 aromatic rings. The Morgan fingerprint density at radius 2 is 2.25 bits per heavy atom. The van der Waals surface area contributed by atoms with E-state index in [1.807, 2.05) is 0 Å². The number of hydrogen-bond acceptors (Lipinski definition) is 4. The van der Waals surface area contributed by atoms with Crippen molar-refractivity contribution in [2.24, 2.45) is 11.5 Å². The topological polar surface area (TPSA) is 64.5 Å². The van der Waals surface area contributed by atoms with Crippen LogP contribution in [0.25, 0.3) is 0 Å². The van der Waals surface area contributed by atoms with Crippen LogP contribution in [0.4, 0.5) is 0 Å². The first kappa shape index (κ1) is 9.92. The molecule has 1 heterocycles. The molecule has 0 unspecified atom stereocenters. The van der Waals surface area contributed by atoms with E-state index in [4.69, 9.17) is 16.2 Å². The Labute approximate surface area is 73.8 Å². The van der Waals surface area contributed by atoms with Gasteiger partial charge in [0, 0.05) is 25.7 Å². The van der Waals surface area contributed by atoms with Gasteiger partial charge in [0.25, 0.3) is 0 Å². The third-order valence-electron chi connectivity index (χ3n) is 2.12. The molecule has 0 amide bonds. The number of likely N-dealkylation sites (tertiary alicyclic amines) is 1. The fraction of sp³-hybridized carbons (Fsp3) is 1.00. The molecule has 4 heteroatoms. The molecule has 0 saturated carbocycles. The first-order valence-electron chi connectivity index (χ1n) is 4.58. The summed E-state index contributed by atoms with van der Waals surface area (Å²) < 4.78 is 5.27. The highest BCUT2D eigenvalue weighted by Gasteiger charge is 2.17. The van der Waals surface area contributed by atoms with Crippen LogP contribution in [0.2, 0.25) is 0 Å². The van der Waals surface area contributed by atoms with Crippen LogP contribution in [0.15, 0.2) is 0 Å². The zero-order chi connectivity index (χ0) is 8.81. The van der Waals surface area contributed by atoms with Crippen molar-refractivity contribution in [3.05, 3.63) is 0 Å². The molecule has 1 rings (SSSR count). The highest BCUT2D eigenvalue weighted by molar-refractivity contribution is 4.77. The van der Waals surface area contributed by atoms with E-state index in [2.05, 4.69) is 4.90 Å². The van der Waals surface area contributed by atoms with Crippen LogP contribution in [0.5, 0.6) is 0 Å². The summed E-state index contributed by atoms with van der Waals surface area (Å²) in [5, 5.41) is 0. The maximum Gasteiger partial charge on any atom is 0.0594 e. The summed E-state index contributed by atoms with van der Waals surface area (Å²) in [6.07, 6.45) is 1.12. The molecule has 0 aromatic carbocycles. The Morgan fingerprint density at radius 3 is 2.83 bits per heavy atom. The summed E-state index contributed by atoms with van der Waals surface area (Å²) in [6, 6.07) is 0.375. The summed E-state index contributed by atoms with van der Waals surface area (Å²) in [7, 11) is 0. The second-order valence-electron chi connectivity index (χ2n) is 3.25. The summed E-state index contributed by atoms with van der Waals surface area (Å²) in [6.45, 7) is 5.19. The van der Waals surface area contributed by atoms with Crippen LogP contribution in [-0.2, 0) is 4.74 Å². The van der Waals surface area contributed by atoms with Crippen LogP contribution < -0.4 is 11.5 Å². The Kier molecular flexibility index (Phi) is 4.53. The number of rotatable bonds is 5. The summed E-state index contributed by atoms with van der Waals surface area (Å²) >= 11 is 0. The van der Waals surface area contributed by atoms with E-state index in [9.17, 15) is 0 Å². The van der Waals surface area contributed by atoms with Gasteiger partial charge in [-0.2, -0.15) is 0 Å². The molecule has 0 spiro atoms. The van der Waals surface area contributed by atoms with Crippen LogP contribution in [-0.4, -0.2) is 50.3 Å². The van der Waals surface area contributed by atoms with Gasteiger partial charge in [0.1, 0.15) is 0 Å². The van der Waals surface area contributed by atoms with Gasteiger partial charge in [-0.25, -0.2) is 0 Å². The van der Waals surface area contributed by atoms with E-state index >= 15 is 0 Å². The first-order valence-corrected chi connectivity index (χ1v) is 4.58. The van der Waals surface area contributed by atoms with Crippen LogP contribution >= 0.6 is 0 Å². The van der Waals surface area contributed by atoms with Gasteiger partial charge in [0.15, 0.2) is 0 Å². The minimum Gasteiger partial charge on any atom is -0.379 e. The highest BCUT2D eigenvalue weighted by atomic mass is 16.5. The minimum atomic E-state index is 0.375. The third-order valence-corrected chi connectivity index (χ3v) is 2.12. The van der Waals surface area contributed by atoms with Gasteiger partial charge in [0.05, 0.1) is 13.2 Å². The van der Waals surface area contributed by atoms with Crippen molar-refractivity contribution in [2.45, 2.75) is 12.5 Å². The summed E-state index contributed by atoms with van der Waals surface area (Å²) in [4.78, 5) is 2.33. The van der Waals surface area contributed by atoms with Gasteiger partial charge >= 0.3 is 0 Å². The fourth-order valence-corrected chi connectivity index (χ4v) is 1.44. The number of hydrogen-bond donors (Lipinski definition) is 2. The average molecular weight is 173 g/mol. The monoisotopic (exact) mass is 173 g/mol. The largest absolute Gasteiger partial charge is 0.379 e. The molecule has 1 aliphatic heterocycles. The summed E-state index contributed by atoms with van der Waals surface area (Å²) in [5.41, 5.74) is 11.0. The summed E-state index contributed by atoms with van der Waals surface area (Å²) in [5.74, 6) is 0. The SMILES string of the molecule is NCCOCCN1CC[C@@H](N)C1. The molecular weight excluding hydrogens is 154 g/mol. The van der Waals surface area contributed by atoms with Crippen molar-refractivity contribution in [1.29, 1.82) is 0 Å². The van der Waals surface area contributed by atoms with Gasteiger partial charge in [0.2, 0.25) is 0 Å². The lowest BCUT2D eigenvalue weighted by Crippen LogP contribution is -2.29. The molecule has 4 nitrogen and oxygen atoms in total. The van der Waals surface area contributed by atoms with Crippen molar-refractivity contribution < 1.29 is 4.74 Å². The van der Waals surface area contributed by atoms with Gasteiger partial charge in [-0.3, -0.25) is 4.90 Å². The lowest BCUT2D eigenvalue weighted by Gasteiger charge is -2.14. The lowest BCUT2D eigenvalue weighted by atomic mass is 10.3. The molecule has 12 heavy (non-hydrogen) atoms. The molecule has 1 aliphatic rings. The van der Waals surface area contributed by atoms with Gasteiger partial charge in [-0.1, -0.05) is 0 Å². The molecule has 0 aliphatic carbocycles. The zero-order valence-electron chi connectivity index (χ0n) is 7.54. The second-order valence-corrected chi connectivity index (χ2v) is 3.25. The standard InChI is InChI=1S/C8H19N3O/c9-2-5-12-6-4-11-3-1-8(10)7-11/h8H,1-7,9-10H2/t8-/m1/s1. The Morgan fingerprint density at radius 1 is 1.42 bits per heavy atom. The normalized spacial score (nSPS) is 25.0. The Bertz CT molecular complexity index is 121. The third kappa shape index (κ3) is 3.49. The molecule has 0 radical (unpaired) electrons. The molecule has 1 atom stereocenters. The maximum absolute atomic E-state index is 5.75. The molecule has 4 N–H and O–H groups in total. The van der Waals surface area contributed by atoms with Crippen LogP contribution in [0.1, 0.15) is 6.42 Å². The predicted molar refractivity (Wildman–Crippen MR) is 48.9 cm³/mol. The highest BCUT2D eigenvalue weighted by Crippen LogP contribution is 2.05.